The zero-order valence-corrected chi connectivity index (χ0v) is 29.0. The van der Waals surface area contributed by atoms with E-state index in [0.717, 1.165) is 27.8 Å². The molecule has 1 fully saturated rings. The summed E-state index contributed by atoms with van der Waals surface area (Å²) in [6, 6.07) is 49.3. The van der Waals surface area contributed by atoms with Crippen molar-refractivity contribution in [2.45, 2.75) is 57.5 Å². The van der Waals surface area contributed by atoms with Crippen LogP contribution in [0.2, 0.25) is 0 Å². The summed E-state index contributed by atoms with van der Waals surface area (Å²) >= 11 is 0. The van der Waals surface area contributed by atoms with Gasteiger partial charge in [0.2, 0.25) is 0 Å². The Hall–Kier alpha value is -5.25. The van der Waals surface area contributed by atoms with Crippen LogP contribution in [0.4, 0.5) is 4.79 Å². The molecule has 268 valence electrons. The van der Waals surface area contributed by atoms with Gasteiger partial charge >= 0.3 is 6.16 Å². The predicted octanol–water partition coefficient (Wildman–Crippen LogP) is 8.60. The summed E-state index contributed by atoms with van der Waals surface area (Å²) in [5.41, 5.74) is 4.91. The first kappa shape index (κ1) is 36.5. The molecule has 6 rings (SSSR count). The van der Waals surface area contributed by atoms with E-state index in [0.29, 0.717) is 25.6 Å². The van der Waals surface area contributed by atoms with Gasteiger partial charge in [0.25, 0.3) is 0 Å². The van der Waals surface area contributed by atoms with Crippen molar-refractivity contribution in [1.82, 2.24) is 0 Å². The first-order valence-electron chi connectivity index (χ1n) is 17.5. The van der Waals surface area contributed by atoms with E-state index in [4.69, 9.17) is 33.2 Å². The van der Waals surface area contributed by atoms with Crippen molar-refractivity contribution in [3.63, 3.8) is 0 Å². The van der Waals surface area contributed by atoms with Crippen molar-refractivity contribution in [1.29, 1.82) is 0 Å². The smallest absolute Gasteiger partial charge is 0.487 e. The molecule has 5 aromatic carbocycles. The van der Waals surface area contributed by atoms with Gasteiger partial charge in [0.15, 0.2) is 6.10 Å². The third kappa shape index (κ3) is 11.4. The highest BCUT2D eigenvalue weighted by molar-refractivity contribution is 5.60. The highest BCUT2D eigenvalue weighted by Crippen LogP contribution is 2.33. The third-order valence-corrected chi connectivity index (χ3v) is 8.48. The van der Waals surface area contributed by atoms with E-state index in [-0.39, 0.29) is 26.4 Å². The fourth-order valence-electron chi connectivity index (χ4n) is 5.82. The lowest BCUT2D eigenvalue weighted by Gasteiger charge is -2.43. The van der Waals surface area contributed by atoms with Crippen LogP contribution in [0.1, 0.15) is 27.8 Å². The van der Waals surface area contributed by atoms with Crippen LogP contribution in [0, 0.1) is 0 Å². The molecule has 8 heteroatoms. The van der Waals surface area contributed by atoms with Crippen LogP contribution in [0.3, 0.4) is 0 Å². The molecule has 1 heterocycles. The van der Waals surface area contributed by atoms with Crippen LogP contribution in [-0.2, 0) is 66.2 Å². The highest BCUT2D eigenvalue weighted by atomic mass is 16.7. The SMILES string of the molecule is O=C(OC/C=C1\O[C@H](COCc2ccccc2)[C@@H](OCc2ccccc2)[C@H](OCc2ccccc2)[C@H]1OCc1ccccc1)OCc1ccccc1. The lowest BCUT2D eigenvalue weighted by molar-refractivity contribution is -0.223. The standard InChI is InChI=1S/C44H44O8/c45-44(51-32-38-24-14-5-15-25-38)47-27-26-39-41(48-29-35-18-8-2-9-19-35)43(50-31-37-22-12-4-13-23-37)42(49-30-36-20-10-3-11-21-36)40(52-39)33-46-28-34-16-6-1-7-17-34/h1-26,40-43H,27-33H2/b39-26-/t40-,41+,42-,43-/m1/s1. The van der Waals surface area contributed by atoms with Crippen molar-refractivity contribution < 1.29 is 38.0 Å². The van der Waals surface area contributed by atoms with E-state index in [1.54, 1.807) is 6.08 Å². The van der Waals surface area contributed by atoms with E-state index in [2.05, 4.69) is 0 Å². The zero-order valence-electron chi connectivity index (χ0n) is 29.0. The molecular weight excluding hydrogens is 656 g/mol. The Labute approximate surface area is 305 Å². The van der Waals surface area contributed by atoms with Crippen molar-refractivity contribution in [3.8, 4) is 0 Å². The zero-order chi connectivity index (χ0) is 35.6. The monoisotopic (exact) mass is 700 g/mol. The number of carbonyl (C=O) groups excluding carboxylic acids is 1. The molecule has 0 saturated carbocycles. The maximum absolute atomic E-state index is 12.6. The van der Waals surface area contributed by atoms with Gasteiger partial charge in [0, 0.05) is 0 Å². The minimum absolute atomic E-state index is 0.103. The lowest BCUT2D eigenvalue weighted by Crippen LogP contribution is -2.56. The minimum atomic E-state index is -0.790. The van der Waals surface area contributed by atoms with E-state index >= 15 is 0 Å². The fourth-order valence-corrected chi connectivity index (χ4v) is 5.82. The molecule has 52 heavy (non-hydrogen) atoms. The summed E-state index contributed by atoms with van der Waals surface area (Å²) in [7, 11) is 0. The van der Waals surface area contributed by atoms with Crippen molar-refractivity contribution in [2.24, 2.45) is 0 Å². The van der Waals surface area contributed by atoms with Gasteiger partial charge in [-0.1, -0.05) is 152 Å². The number of hydrogen-bond donors (Lipinski definition) is 0. The Morgan fingerprint density at radius 2 is 0.923 bits per heavy atom. The number of rotatable bonds is 17. The van der Waals surface area contributed by atoms with Crippen molar-refractivity contribution in [2.75, 3.05) is 13.2 Å². The van der Waals surface area contributed by atoms with Gasteiger partial charge in [0.1, 0.15) is 37.3 Å². The molecule has 0 aliphatic carbocycles. The van der Waals surface area contributed by atoms with E-state index in [9.17, 15) is 4.79 Å². The largest absolute Gasteiger partial charge is 0.508 e. The average Bonchev–Trinajstić information content (AvgIpc) is 3.20. The van der Waals surface area contributed by atoms with Crippen LogP contribution >= 0.6 is 0 Å². The van der Waals surface area contributed by atoms with Gasteiger partial charge in [-0.2, -0.15) is 0 Å². The first-order valence-corrected chi connectivity index (χ1v) is 17.5. The van der Waals surface area contributed by atoms with Crippen LogP contribution in [0.25, 0.3) is 0 Å². The van der Waals surface area contributed by atoms with Gasteiger partial charge < -0.3 is 33.2 Å². The molecule has 0 radical (unpaired) electrons. The summed E-state index contributed by atoms with van der Waals surface area (Å²) < 4.78 is 43.8. The number of carbonyl (C=O) groups is 1. The molecule has 8 nitrogen and oxygen atoms in total. The molecule has 0 unspecified atom stereocenters. The summed E-state index contributed by atoms with van der Waals surface area (Å²) in [6.45, 7) is 1.54. The second-order valence-corrected chi connectivity index (χ2v) is 12.3. The van der Waals surface area contributed by atoms with Crippen molar-refractivity contribution >= 4 is 6.16 Å². The summed E-state index contributed by atoms with van der Waals surface area (Å²) in [5, 5.41) is 0. The van der Waals surface area contributed by atoms with E-state index in [1.165, 1.54) is 0 Å². The Bertz CT molecular complexity index is 1770. The van der Waals surface area contributed by atoms with Gasteiger partial charge in [-0.25, -0.2) is 4.79 Å². The molecule has 4 atom stereocenters. The summed E-state index contributed by atoms with van der Waals surface area (Å²) in [4.78, 5) is 12.6. The number of hydrogen-bond acceptors (Lipinski definition) is 8. The maximum atomic E-state index is 12.6. The van der Waals surface area contributed by atoms with Crippen LogP contribution in [0.15, 0.2) is 163 Å². The van der Waals surface area contributed by atoms with Gasteiger partial charge in [-0.15, -0.1) is 0 Å². The molecular formula is C44H44O8. The average molecular weight is 701 g/mol. The van der Waals surface area contributed by atoms with Gasteiger partial charge in [0.05, 0.1) is 33.0 Å². The fraction of sp³-hybridized carbons (Fsp3) is 0.250. The third-order valence-electron chi connectivity index (χ3n) is 8.48. The second-order valence-electron chi connectivity index (χ2n) is 12.3. The molecule has 0 aromatic heterocycles. The number of benzene rings is 5. The molecule has 0 spiro atoms. The van der Waals surface area contributed by atoms with Crippen LogP contribution in [0.5, 0.6) is 0 Å². The molecule has 1 saturated heterocycles. The topological polar surface area (TPSA) is 81.7 Å². The van der Waals surface area contributed by atoms with E-state index in [1.807, 2.05) is 152 Å². The molecule has 0 N–H and O–H groups in total. The highest BCUT2D eigenvalue weighted by Gasteiger charge is 2.46. The normalized spacial score (nSPS) is 19.1. The van der Waals surface area contributed by atoms with Gasteiger partial charge in [-0.05, 0) is 33.9 Å². The molecule has 5 aromatic rings. The van der Waals surface area contributed by atoms with Crippen LogP contribution < -0.4 is 0 Å². The Kier molecular flexibility index (Phi) is 14.0. The maximum Gasteiger partial charge on any atom is 0.508 e. The predicted molar refractivity (Wildman–Crippen MR) is 197 cm³/mol. The molecule has 1 aliphatic heterocycles. The van der Waals surface area contributed by atoms with Crippen LogP contribution in [-0.4, -0.2) is 43.8 Å². The quantitative estimate of drug-likeness (QED) is 0.0893. The Balaban J connectivity index is 1.26. The van der Waals surface area contributed by atoms with E-state index < -0.39 is 30.6 Å². The minimum Gasteiger partial charge on any atom is -0.487 e. The summed E-state index contributed by atoms with van der Waals surface area (Å²) in [5.74, 6) is 0.456. The Morgan fingerprint density at radius 1 is 0.500 bits per heavy atom. The second kappa shape index (κ2) is 20.0. The number of ether oxygens (including phenoxy) is 7. The Morgan fingerprint density at radius 3 is 1.42 bits per heavy atom. The molecule has 0 bridgehead atoms. The van der Waals surface area contributed by atoms with Crippen molar-refractivity contribution in [3.05, 3.63) is 191 Å². The van der Waals surface area contributed by atoms with Gasteiger partial charge in [-0.3, -0.25) is 0 Å². The molecule has 1 aliphatic rings. The first-order chi connectivity index (χ1) is 25.7. The summed E-state index contributed by atoms with van der Waals surface area (Å²) in [6.07, 6.45) is -1.59. The molecule has 0 amide bonds. The lowest BCUT2D eigenvalue weighted by atomic mass is 9.96.